The number of para-hydroxylation sites is 1. The fraction of sp³-hybridized carbons (Fsp3) is 0.408. The molecule has 1 unspecified atom stereocenters. The number of rotatable bonds is 11. The molecule has 3 heterocycles. The minimum absolute atomic E-state index is 0. The smallest absolute Gasteiger partial charge is 0.243 e. The van der Waals surface area contributed by atoms with Crippen LogP contribution in [0.4, 0.5) is 8.78 Å². The van der Waals surface area contributed by atoms with Gasteiger partial charge < -0.3 is 14.8 Å². The van der Waals surface area contributed by atoms with Gasteiger partial charge in [0.15, 0.2) is 5.78 Å². The zero-order chi connectivity index (χ0) is 39.8. The van der Waals surface area contributed by atoms with E-state index in [9.17, 15) is 18.7 Å². The molecule has 0 saturated heterocycles. The van der Waals surface area contributed by atoms with Crippen LogP contribution in [0.5, 0.6) is 0 Å². The van der Waals surface area contributed by atoms with Crippen molar-refractivity contribution < 1.29 is 38.8 Å². The van der Waals surface area contributed by atoms with Crippen LogP contribution >= 0.6 is 0 Å². The molecule has 1 radical (unpaired) electrons. The quantitative estimate of drug-likeness (QED) is 0.0799. The van der Waals surface area contributed by atoms with Gasteiger partial charge in [0, 0.05) is 70.8 Å². The molecule has 56 heavy (non-hydrogen) atoms. The molecule has 1 aliphatic rings. The topological polar surface area (TPSA) is 55.8 Å². The van der Waals surface area contributed by atoms with Crippen molar-refractivity contribution >= 4 is 49.8 Å². The molecule has 1 atom stereocenters. The average Bonchev–Trinajstić information content (AvgIpc) is 3.68. The Morgan fingerprint density at radius 3 is 2.12 bits per heavy atom. The van der Waals surface area contributed by atoms with Crippen molar-refractivity contribution in [2.24, 2.45) is 17.3 Å². The summed E-state index contributed by atoms with van der Waals surface area (Å²) >= 11 is 0. The third kappa shape index (κ3) is 8.04. The monoisotopic (exact) mass is 935 g/mol. The SMILES string of the molecule is CC(C)(C)c1cc(C2[N-]C=Cc3c2n2c4ccccc4c4c(CC(C)(C)C(F)F)ccc3c42)[c-]c2ccccc12.CCC(CC)C(=O)/C=C(\O)C(CC)CC.[Ir]. The van der Waals surface area contributed by atoms with E-state index < -0.39 is 11.8 Å². The molecule has 4 aromatic carbocycles. The maximum Gasteiger partial charge on any atom is 0.243 e. The van der Waals surface area contributed by atoms with Gasteiger partial charge in [0.1, 0.15) is 0 Å². The Bertz CT molecular complexity index is 2370. The third-order valence-electron chi connectivity index (χ3n) is 11.7. The van der Waals surface area contributed by atoms with E-state index in [1.54, 1.807) is 13.8 Å². The van der Waals surface area contributed by atoms with Crippen molar-refractivity contribution in [3.63, 3.8) is 0 Å². The average molecular weight is 935 g/mol. The van der Waals surface area contributed by atoms with Crippen LogP contribution in [0.2, 0.25) is 0 Å². The van der Waals surface area contributed by atoms with Crippen LogP contribution in [0.3, 0.4) is 0 Å². The summed E-state index contributed by atoms with van der Waals surface area (Å²) in [6, 6.07) is 26.7. The molecule has 1 N–H and O–H groups in total. The van der Waals surface area contributed by atoms with Crippen molar-refractivity contribution in [3.8, 4) is 0 Å². The third-order valence-corrected chi connectivity index (χ3v) is 11.7. The summed E-state index contributed by atoms with van der Waals surface area (Å²) in [5.41, 5.74) is 6.53. The van der Waals surface area contributed by atoms with Gasteiger partial charge in [0.2, 0.25) is 6.43 Å². The largest absolute Gasteiger partial charge is 0.681 e. The summed E-state index contributed by atoms with van der Waals surface area (Å²) < 4.78 is 30.3. The van der Waals surface area contributed by atoms with Crippen molar-refractivity contribution in [1.82, 2.24) is 4.40 Å². The second-order valence-corrected chi connectivity index (χ2v) is 16.9. The first kappa shape index (κ1) is 43.1. The van der Waals surface area contributed by atoms with Crippen LogP contribution in [0.15, 0.2) is 84.8 Å². The number of carbonyl (C=O) groups excluding carboxylic acids is 1. The predicted octanol–water partition coefficient (Wildman–Crippen LogP) is 14.1. The second kappa shape index (κ2) is 17.2. The first-order chi connectivity index (χ1) is 26.2. The number of allylic oxidation sites excluding steroid dienone is 2. The van der Waals surface area contributed by atoms with Gasteiger partial charge in [-0.15, -0.1) is 46.2 Å². The summed E-state index contributed by atoms with van der Waals surface area (Å²) in [6.07, 6.45) is 6.81. The number of hydrogen-bond acceptors (Lipinski definition) is 2. The summed E-state index contributed by atoms with van der Waals surface area (Å²) in [4.78, 5) is 11.7. The number of fused-ring (bicyclic) bond motifs is 7. The maximum absolute atomic E-state index is 14.0. The molecule has 6 aromatic rings. The van der Waals surface area contributed by atoms with E-state index in [0.717, 1.165) is 80.6 Å². The number of ketones is 1. The molecule has 0 amide bonds. The first-order valence-corrected chi connectivity index (χ1v) is 20.0. The maximum atomic E-state index is 14.0. The summed E-state index contributed by atoms with van der Waals surface area (Å²) in [6.45, 7) is 18.1. The Kier molecular flexibility index (Phi) is 13.2. The number of carbonyl (C=O) groups is 1. The molecule has 0 fully saturated rings. The van der Waals surface area contributed by atoms with Crippen LogP contribution in [0, 0.1) is 23.3 Å². The molecule has 7 rings (SSSR count). The number of halogens is 2. The van der Waals surface area contributed by atoms with Crippen molar-refractivity contribution in [2.75, 3.05) is 0 Å². The second-order valence-electron chi connectivity index (χ2n) is 16.9. The number of hydrogen-bond donors (Lipinski definition) is 1. The zero-order valence-electron chi connectivity index (χ0n) is 34.3. The zero-order valence-corrected chi connectivity index (χ0v) is 36.7. The van der Waals surface area contributed by atoms with Crippen molar-refractivity contribution in [3.05, 3.63) is 124 Å². The number of aromatic nitrogens is 1. The van der Waals surface area contributed by atoms with Crippen molar-refractivity contribution in [1.29, 1.82) is 0 Å². The van der Waals surface area contributed by atoms with Crippen LogP contribution in [-0.2, 0) is 36.7 Å². The predicted molar refractivity (Wildman–Crippen MR) is 227 cm³/mol. The number of nitrogens with zero attached hydrogens (tertiary/aromatic N) is 2. The molecule has 0 saturated carbocycles. The van der Waals surface area contributed by atoms with E-state index in [-0.39, 0.29) is 54.9 Å². The van der Waals surface area contributed by atoms with E-state index >= 15 is 0 Å². The molecule has 0 aliphatic carbocycles. The van der Waals surface area contributed by atoms with Gasteiger partial charge in [-0.3, -0.25) is 4.79 Å². The fourth-order valence-corrected chi connectivity index (χ4v) is 8.35. The minimum Gasteiger partial charge on any atom is -0.681 e. The molecule has 0 bridgehead atoms. The standard InChI is InChI=1S/C36H32F2N2.C13H24O2.Ir/c1-35(2,3)28-19-23(18-21-10-6-7-11-24(21)28)31-33-26(16-17-39-31)25-15-14-22(20-36(4,5)34(37)38)30-27-12-8-9-13-29(27)40(33)32(25)30;1-5-10(6-2)12(14)9-13(15)11(7-3)8-4;/h6-17,19,31,34H,20H2,1-5H3;9-11,14H,5-8H2,1-4H3;/q-2;;/b;12-9-;. The number of benzene rings is 4. The van der Waals surface area contributed by atoms with Gasteiger partial charge in [-0.2, -0.15) is 6.20 Å². The van der Waals surface area contributed by atoms with Crippen LogP contribution in [0.25, 0.3) is 49.4 Å². The minimum atomic E-state index is -2.40. The van der Waals surface area contributed by atoms with Crippen molar-refractivity contribution in [2.45, 2.75) is 112 Å². The molecule has 299 valence electrons. The molecule has 1 aliphatic heterocycles. The normalized spacial score (nSPS) is 14.8. The number of aliphatic hydroxyl groups excluding tert-OH is 1. The summed E-state index contributed by atoms with van der Waals surface area (Å²) in [5.74, 6) is 0.547. The van der Waals surface area contributed by atoms with Gasteiger partial charge in [-0.1, -0.05) is 117 Å². The van der Waals surface area contributed by atoms with E-state index in [2.05, 4.69) is 98.0 Å². The van der Waals surface area contributed by atoms with Gasteiger partial charge in [0.05, 0.1) is 16.8 Å². The van der Waals surface area contributed by atoms with Gasteiger partial charge in [0.25, 0.3) is 0 Å². The van der Waals surface area contributed by atoms with E-state index in [0.29, 0.717) is 6.42 Å². The van der Waals surface area contributed by atoms with Crippen LogP contribution < -0.4 is 0 Å². The molecular formula is C49H56F2IrN2O2-2. The molecule has 7 heteroatoms. The molecule has 2 aromatic heterocycles. The van der Waals surface area contributed by atoms with Crippen LogP contribution in [0.1, 0.15) is 122 Å². The Morgan fingerprint density at radius 2 is 1.50 bits per heavy atom. The van der Waals surface area contributed by atoms with Gasteiger partial charge >= 0.3 is 0 Å². The first-order valence-electron chi connectivity index (χ1n) is 20.0. The Labute approximate surface area is 345 Å². The summed E-state index contributed by atoms with van der Waals surface area (Å²) in [5, 5.41) is 20.4. The van der Waals surface area contributed by atoms with E-state index in [1.807, 2.05) is 40.0 Å². The van der Waals surface area contributed by atoms with Crippen LogP contribution in [-0.4, -0.2) is 21.7 Å². The van der Waals surface area contributed by atoms with E-state index in [1.165, 1.54) is 17.0 Å². The fourth-order valence-electron chi connectivity index (χ4n) is 8.35. The summed E-state index contributed by atoms with van der Waals surface area (Å²) in [7, 11) is 0. The number of aliphatic hydroxyl groups is 1. The number of alkyl halides is 2. The molecule has 4 nitrogen and oxygen atoms in total. The Morgan fingerprint density at radius 1 is 0.875 bits per heavy atom. The van der Waals surface area contributed by atoms with Gasteiger partial charge in [-0.05, 0) is 49.1 Å². The molecular weight excluding hydrogens is 879 g/mol. The molecule has 0 spiro atoms. The van der Waals surface area contributed by atoms with E-state index in [4.69, 9.17) is 5.32 Å². The Hall–Kier alpha value is -4.06. The Balaban J connectivity index is 0.000000322. The van der Waals surface area contributed by atoms with Gasteiger partial charge in [-0.25, -0.2) is 8.78 Å².